The highest BCUT2D eigenvalue weighted by molar-refractivity contribution is 5.98. The molecule has 0 aromatic heterocycles. The van der Waals surface area contributed by atoms with Crippen LogP contribution >= 0.6 is 0 Å². The SMILES string of the molecule is C#CCC(NC(=O)CNC(=O)c1cccc(NC(N)=O)c1)C(=O)O. The number of carbonyl (C=O) groups is 4. The van der Waals surface area contributed by atoms with Gasteiger partial charge in [0.05, 0.1) is 6.54 Å². The Kier molecular flexibility index (Phi) is 6.78. The molecule has 0 fully saturated rings. The molecular weight excluding hydrogens is 316 g/mol. The lowest BCUT2D eigenvalue weighted by Crippen LogP contribution is -2.45. The third-order valence-electron chi connectivity index (χ3n) is 2.76. The molecule has 0 saturated heterocycles. The topological polar surface area (TPSA) is 151 Å². The van der Waals surface area contributed by atoms with Crippen molar-refractivity contribution in [2.75, 3.05) is 11.9 Å². The lowest BCUT2D eigenvalue weighted by molar-refractivity contribution is -0.141. The van der Waals surface area contributed by atoms with E-state index in [2.05, 4.69) is 21.9 Å². The number of carboxylic acids is 1. The second-order valence-electron chi connectivity index (χ2n) is 4.62. The number of nitrogens with one attached hydrogen (secondary N) is 3. The van der Waals surface area contributed by atoms with Gasteiger partial charge in [-0.05, 0) is 18.2 Å². The summed E-state index contributed by atoms with van der Waals surface area (Å²) in [5.41, 5.74) is 5.49. The molecule has 0 spiro atoms. The van der Waals surface area contributed by atoms with Gasteiger partial charge in [-0.25, -0.2) is 9.59 Å². The molecule has 0 aliphatic heterocycles. The van der Waals surface area contributed by atoms with Crippen molar-refractivity contribution >= 4 is 29.5 Å². The Bertz CT molecular complexity index is 695. The van der Waals surface area contributed by atoms with Gasteiger partial charge in [0.25, 0.3) is 5.91 Å². The molecule has 24 heavy (non-hydrogen) atoms. The maximum Gasteiger partial charge on any atom is 0.327 e. The summed E-state index contributed by atoms with van der Waals surface area (Å²) in [5.74, 6) is -0.405. The normalized spacial score (nSPS) is 10.8. The first-order valence-electron chi connectivity index (χ1n) is 6.74. The van der Waals surface area contributed by atoms with E-state index in [-0.39, 0.29) is 12.0 Å². The Hall–Kier alpha value is -3.54. The zero-order valence-corrected chi connectivity index (χ0v) is 12.5. The van der Waals surface area contributed by atoms with Crippen molar-refractivity contribution in [2.45, 2.75) is 12.5 Å². The van der Waals surface area contributed by atoms with Crippen LogP contribution in [0.15, 0.2) is 24.3 Å². The van der Waals surface area contributed by atoms with Gasteiger partial charge in [0.2, 0.25) is 5.91 Å². The zero-order chi connectivity index (χ0) is 18.1. The molecule has 1 aromatic carbocycles. The van der Waals surface area contributed by atoms with E-state index in [0.717, 1.165) is 0 Å². The molecule has 6 N–H and O–H groups in total. The molecule has 9 nitrogen and oxygen atoms in total. The molecule has 0 radical (unpaired) electrons. The number of hydrogen-bond donors (Lipinski definition) is 5. The Labute approximate surface area is 137 Å². The quantitative estimate of drug-likeness (QED) is 0.426. The van der Waals surface area contributed by atoms with E-state index < -0.39 is 36.4 Å². The lowest BCUT2D eigenvalue weighted by Gasteiger charge is -2.12. The van der Waals surface area contributed by atoms with E-state index >= 15 is 0 Å². The number of carbonyl (C=O) groups excluding carboxylic acids is 3. The van der Waals surface area contributed by atoms with Crippen molar-refractivity contribution < 1.29 is 24.3 Å². The van der Waals surface area contributed by atoms with Crippen LogP contribution in [-0.4, -0.2) is 41.5 Å². The summed E-state index contributed by atoms with van der Waals surface area (Å²) in [5, 5.41) is 15.7. The lowest BCUT2D eigenvalue weighted by atomic mass is 10.2. The molecule has 1 aromatic rings. The van der Waals surface area contributed by atoms with Crippen molar-refractivity contribution in [3.8, 4) is 12.3 Å². The molecule has 1 rings (SSSR count). The van der Waals surface area contributed by atoms with Crippen molar-refractivity contribution in [1.82, 2.24) is 10.6 Å². The fraction of sp³-hybridized carbons (Fsp3) is 0.200. The molecule has 126 valence electrons. The van der Waals surface area contributed by atoms with Crippen LogP contribution < -0.4 is 21.7 Å². The van der Waals surface area contributed by atoms with Gasteiger partial charge in [0, 0.05) is 17.7 Å². The average Bonchev–Trinajstić information content (AvgIpc) is 2.51. The van der Waals surface area contributed by atoms with E-state index in [1.165, 1.54) is 24.3 Å². The number of amides is 4. The molecule has 4 amide bonds. The molecule has 0 heterocycles. The number of benzene rings is 1. The monoisotopic (exact) mass is 332 g/mol. The third-order valence-corrected chi connectivity index (χ3v) is 2.76. The first-order chi connectivity index (χ1) is 11.3. The maximum absolute atomic E-state index is 11.9. The molecule has 1 unspecified atom stereocenters. The Balaban J connectivity index is 2.59. The molecule has 0 aliphatic carbocycles. The average molecular weight is 332 g/mol. The standard InChI is InChI=1S/C15H16N4O5/c1-2-4-11(14(22)23)19-12(20)8-17-13(21)9-5-3-6-10(7-9)18-15(16)24/h1,3,5-7,11H,4,8H2,(H,17,21)(H,19,20)(H,22,23)(H3,16,18,24). The first kappa shape index (κ1) is 18.5. The number of terminal acetylenes is 1. The van der Waals surface area contributed by atoms with Crippen molar-refractivity contribution in [2.24, 2.45) is 5.73 Å². The summed E-state index contributed by atoms with van der Waals surface area (Å²) in [7, 11) is 0. The van der Waals surface area contributed by atoms with Crippen LogP contribution in [0.2, 0.25) is 0 Å². The fourth-order valence-corrected chi connectivity index (χ4v) is 1.71. The number of rotatable bonds is 7. The summed E-state index contributed by atoms with van der Waals surface area (Å²) in [4.78, 5) is 45.2. The number of urea groups is 1. The minimum Gasteiger partial charge on any atom is -0.480 e. The van der Waals surface area contributed by atoms with E-state index in [1.807, 2.05) is 0 Å². The fourth-order valence-electron chi connectivity index (χ4n) is 1.71. The molecule has 0 saturated carbocycles. The predicted octanol–water partition coefficient (Wildman–Crippen LogP) is -0.500. The second-order valence-corrected chi connectivity index (χ2v) is 4.62. The largest absolute Gasteiger partial charge is 0.480 e. The summed E-state index contributed by atoms with van der Waals surface area (Å²) in [6, 6.07) is 3.90. The van der Waals surface area contributed by atoms with Crippen LogP contribution in [-0.2, 0) is 9.59 Å². The second kappa shape index (κ2) is 8.79. The van der Waals surface area contributed by atoms with Gasteiger partial charge in [0.1, 0.15) is 6.04 Å². The third kappa shape index (κ3) is 6.07. The summed E-state index contributed by atoms with van der Waals surface area (Å²) < 4.78 is 0. The summed E-state index contributed by atoms with van der Waals surface area (Å²) >= 11 is 0. The van der Waals surface area contributed by atoms with Crippen molar-refractivity contribution in [3.63, 3.8) is 0 Å². The van der Waals surface area contributed by atoms with Crippen LogP contribution in [0, 0.1) is 12.3 Å². The number of hydrogen-bond acceptors (Lipinski definition) is 4. The van der Waals surface area contributed by atoms with Crippen LogP contribution in [0.1, 0.15) is 16.8 Å². The Morgan fingerprint density at radius 1 is 1.29 bits per heavy atom. The van der Waals surface area contributed by atoms with Crippen LogP contribution in [0.25, 0.3) is 0 Å². The van der Waals surface area contributed by atoms with E-state index in [4.69, 9.17) is 17.3 Å². The van der Waals surface area contributed by atoms with Gasteiger partial charge in [-0.15, -0.1) is 12.3 Å². The van der Waals surface area contributed by atoms with Crippen LogP contribution in [0.3, 0.4) is 0 Å². The number of nitrogens with two attached hydrogens (primary N) is 1. The minimum atomic E-state index is -1.27. The van der Waals surface area contributed by atoms with Gasteiger partial charge >= 0.3 is 12.0 Å². The van der Waals surface area contributed by atoms with Gasteiger partial charge in [-0.2, -0.15) is 0 Å². The first-order valence-corrected chi connectivity index (χ1v) is 6.74. The highest BCUT2D eigenvalue weighted by Crippen LogP contribution is 2.10. The molecule has 0 aliphatic rings. The molecule has 0 bridgehead atoms. The zero-order valence-electron chi connectivity index (χ0n) is 12.5. The minimum absolute atomic E-state index is 0.171. The van der Waals surface area contributed by atoms with Crippen LogP contribution in [0.4, 0.5) is 10.5 Å². The number of aliphatic carboxylic acids is 1. The Morgan fingerprint density at radius 2 is 2.00 bits per heavy atom. The van der Waals surface area contributed by atoms with E-state index in [1.54, 1.807) is 0 Å². The number of anilines is 1. The van der Waals surface area contributed by atoms with Crippen molar-refractivity contribution in [1.29, 1.82) is 0 Å². The number of primary amides is 1. The van der Waals surface area contributed by atoms with E-state index in [9.17, 15) is 19.2 Å². The molecule has 9 heteroatoms. The van der Waals surface area contributed by atoms with Gasteiger partial charge in [0.15, 0.2) is 0 Å². The highest BCUT2D eigenvalue weighted by Gasteiger charge is 2.19. The summed E-state index contributed by atoms with van der Waals surface area (Å²) in [6.45, 7) is -0.430. The van der Waals surface area contributed by atoms with Crippen LogP contribution in [0.5, 0.6) is 0 Å². The predicted molar refractivity (Wildman–Crippen MR) is 85.0 cm³/mol. The smallest absolute Gasteiger partial charge is 0.327 e. The van der Waals surface area contributed by atoms with Gasteiger partial charge < -0.3 is 26.8 Å². The maximum atomic E-state index is 11.9. The highest BCUT2D eigenvalue weighted by atomic mass is 16.4. The van der Waals surface area contributed by atoms with Gasteiger partial charge in [-0.3, -0.25) is 9.59 Å². The summed E-state index contributed by atoms with van der Waals surface area (Å²) in [6.07, 6.45) is 4.85. The van der Waals surface area contributed by atoms with Crippen molar-refractivity contribution in [3.05, 3.63) is 29.8 Å². The van der Waals surface area contributed by atoms with E-state index in [0.29, 0.717) is 5.69 Å². The number of carboxylic acid groups (broad SMARTS) is 1. The molecule has 1 atom stereocenters. The molecular formula is C15H16N4O5. The van der Waals surface area contributed by atoms with Gasteiger partial charge in [-0.1, -0.05) is 6.07 Å². The Morgan fingerprint density at radius 3 is 2.58 bits per heavy atom.